The van der Waals surface area contributed by atoms with Crippen LogP contribution in [0.5, 0.6) is 0 Å². The lowest BCUT2D eigenvalue weighted by Gasteiger charge is -2.29. The zero-order valence-corrected chi connectivity index (χ0v) is 10.3. The van der Waals surface area contributed by atoms with Crippen molar-refractivity contribution in [2.45, 2.75) is 24.2 Å². The van der Waals surface area contributed by atoms with Crippen LogP contribution in [-0.4, -0.2) is 50.9 Å². The van der Waals surface area contributed by atoms with Crippen molar-refractivity contribution in [2.75, 3.05) is 13.2 Å². The lowest BCUT2D eigenvalue weighted by atomic mass is 10.1. The molecule has 4 nitrogen and oxygen atoms in total. The minimum Gasteiger partial charge on any atom is -0.395 e. The molecule has 0 fully saturated rings. The van der Waals surface area contributed by atoms with Crippen molar-refractivity contribution in [1.82, 2.24) is 4.72 Å². The molecule has 0 heterocycles. The van der Waals surface area contributed by atoms with Crippen LogP contribution in [0.25, 0.3) is 0 Å². The SMILES string of the molecule is FC(F)(F)C(F)(F)C(F)(F)C(F)(F)F.O=[SH](=O)NCCO. The molecule has 0 spiro atoms. The third-order valence-electron chi connectivity index (χ3n) is 1.46. The van der Waals surface area contributed by atoms with Gasteiger partial charge in [-0.2, -0.15) is 43.9 Å². The lowest BCUT2D eigenvalue weighted by Crippen LogP contribution is -2.59. The van der Waals surface area contributed by atoms with Crippen molar-refractivity contribution in [1.29, 1.82) is 0 Å². The second-order valence-electron chi connectivity index (χ2n) is 3.03. The fourth-order valence-corrected chi connectivity index (χ4v) is 0.780. The second kappa shape index (κ2) is 7.44. The van der Waals surface area contributed by atoms with Crippen LogP contribution < -0.4 is 4.72 Å². The van der Waals surface area contributed by atoms with Crippen LogP contribution in [-0.2, 0) is 10.9 Å². The van der Waals surface area contributed by atoms with E-state index in [9.17, 15) is 52.3 Å². The van der Waals surface area contributed by atoms with E-state index in [-0.39, 0.29) is 13.2 Å². The van der Waals surface area contributed by atoms with Gasteiger partial charge in [0, 0.05) is 6.54 Å². The summed E-state index contributed by atoms with van der Waals surface area (Å²) in [6.07, 6.45) is -13.9. The Labute approximate surface area is 111 Å². The first-order chi connectivity index (χ1) is 9.02. The molecule has 2 N–H and O–H groups in total. The number of thiol groups is 1. The number of rotatable bonds is 4. The van der Waals surface area contributed by atoms with Gasteiger partial charge in [0.05, 0.1) is 6.61 Å². The summed E-state index contributed by atoms with van der Waals surface area (Å²) < 4.78 is 134. The van der Waals surface area contributed by atoms with Gasteiger partial charge in [0.2, 0.25) is 10.9 Å². The molecule has 0 atom stereocenters. The summed E-state index contributed by atoms with van der Waals surface area (Å²) in [6, 6.07) is 0. The molecule has 0 unspecified atom stereocenters. The molecule has 0 rings (SSSR count). The molecule has 0 aliphatic carbocycles. The molecule has 0 saturated carbocycles. The van der Waals surface area contributed by atoms with E-state index >= 15 is 0 Å². The highest BCUT2D eigenvalue weighted by Crippen LogP contribution is 2.53. The van der Waals surface area contributed by atoms with E-state index in [4.69, 9.17) is 5.11 Å². The van der Waals surface area contributed by atoms with Crippen LogP contribution in [0.2, 0.25) is 0 Å². The van der Waals surface area contributed by atoms with Gasteiger partial charge in [-0.25, -0.2) is 13.1 Å². The molecule has 0 radical (unpaired) electrons. The maximum atomic E-state index is 11.6. The number of alkyl halides is 10. The first-order valence-corrected chi connectivity index (χ1v) is 5.58. The average molecular weight is 363 g/mol. The van der Waals surface area contributed by atoms with Gasteiger partial charge in [0.1, 0.15) is 0 Å². The van der Waals surface area contributed by atoms with Crippen molar-refractivity contribution in [3.05, 3.63) is 0 Å². The van der Waals surface area contributed by atoms with Crippen molar-refractivity contribution in [3.8, 4) is 0 Å². The molecule has 0 aromatic carbocycles. The number of halogens is 10. The third-order valence-corrected chi connectivity index (χ3v) is 1.94. The fourth-order valence-electron chi connectivity index (χ4n) is 0.497. The zero-order chi connectivity index (χ0) is 17.7. The molecule has 21 heavy (non-hydrogen) atoms. The highest BCUT2D eigenvalue weighted by molar-refractivity contribution is 7.70. The van der Waals surface area contributed by atoms with E-state index in [1.54, 1.807) is 0 Å². The van der Waals surface area contributed by atoms with E-state index in [1.807, 2.05) is 4.72 Å². The van der Waals surface area contributed by atoms with Gasteiger partial charge in [0.25, 0.3) is 0 Å². The van der Waals surface area contributed by atoms with Crippen LogP contribution >= 0.6 is 0 Å². The maximum absolute atomic E-state index is 11.6. The Kier molecular flexibility index (Phi) is 7.95. The summed E-state index contributed by atoms with van der Waals surface area (Å²) in [4.78, 5) is 0. The van der Waals surface area contributed by atoms with Crippen LogP contribution in [0.15, 0.2) is 0 Å². The summed E-state index contributed by atoms with van der Waals surface area (Å²) in [7, 11) is -2.52. The smallest absolute Gasteiger partial charge is 0.395 e. The molecule has 0 bridgehead atoms. The Hall–Kier alpha value is -0.830. The number of nitrogens with one attached hydrogen (secondary N) is 1. The molecule has 0 aliphatic rings. The number of aliphatic hydroxyl groups excluding tert-OH is 1. The van der Waals surface area contributed by atoms with Crippen LogP contribution in [0, 0.1) is 0 Å². The van der Waals surface area contributed by atoms with Crippen molar-refractivity contribution in [2.24, 2.45) is 0 Å². The minimum absolute atomic E-state index is 0.110. The monoisotopic (exact) mass is 363 g/mol. The van der Waals surface area contributed by atoms with E-state index in [2.05, 4.69) is 0 Å². The molecule has 130 valence electrons. The first-order valence-electron chi connectivity index (χ1n) is 4.40. The lowest BCUT2D eigenvalue weighted by molar-refractivity contribution is -0.419. The highest BCUT2D eigenvalue weighted by atomic mass is 32.2. The van der Waals surface area contributed by atoms with Crippen molar-refractivity contribution in [3.63, 3.8) is 0 Å². The zero-order valence-electron chi connectivity index (χ0n) is 9.40. The van der Waals surface area contributed by atoms with Gasteiger partial charge in [-0.15, -0.1) is 0 Å². The summed E-state index contributed by atoms with van der Waals surface area (Å²) >= 11 is 0. The summed E-state index contributed by atoms with van der Waals surface area (Å²) in [6.45, 7) is -0.0397. The number of hydrogen-bond donors (Lipinski definition) is 3. The minimum atomic E-state index is -7.14. The summed E-state index contributed by atoms with van der Waals surface area (Å²) in [5, 5.41) is 7.99. The van der Waals surface area contributed by atoms with Gasteiger partial charge in [-0.1, -0.05) is 0 Å². The molecule has 0 amide bonds. The Bertz CT molecular complexity index is 355. The van der Waals surface area contributed by atoms with E-state index in [1.165, 1.54) is 0 Å². The Morgan fingerprint density at radius 1 is 0.762 bits per heavy atom. The first kappa shape index (κ1) is 22.5. The number of aliphatic hydroxyl groups is 1. The van der Waals surface area contributed by atoms with E-state index in [0.717, 1.165) is 0 Å². The predicted molar refractivity (Wildman–Crippen MR) is 47.4 cm³/mol. The average Bonchev–Trinajstić information content (AvgIpc) is 2.23. The molecular formula is C6H7F10NO3S. The molecule has 15 heteroatoms. The Morgan fingerprint density at radius 3 is 1.14 bits per heavy atom. The van der Waals surface area contributed by atoms with Gasteiger partial charge in [-0.05, 0) is 0 Å². The number of hydrogen-bond acceptors (Lipinski definition) is 3. The van der Waals surface area contributed by atoms with Crippen molar-refractivity contribution < 1.29 is 57.4 Å². The van der Waals surface area contributed by atoms with E-state index in [0.29, 0.717) is 0 Å². The summed E-state index contributed by atoms with van der Waals surface area (Å²) in [5.74, 6) is -14.3. The van der Waals surface area contributed by atoms with Crippen LogP contribution in [0.1, 0.15) is 0 Å². The Morgan fingerprint density at radius 2 is 1.05 bits per heavy atom. The third kappa shape index (κ3) is 6.21. The van der Waals surface area contributed by atoms with Crippen LogP contribution in [0.4, 0.5) is 43.9 Å². The van der Waals surface area contributed by atoms with Gasteiger partial charge < -0.3 is 5.11 Å². The fraction of sp³-hybridized carbons (Fsp3) is 1.00. The highest BCUT2D eigenvalue weighted by Gasteiger charge is 2.82. The van der Waals surface area contributed by atoms with Gasteiger partial charge in [-0.3, -0.25) is 0 Å². The van der Waals surface area contributed by atoms with Gasteiger partial charge in [0.15, 0.2) is 0 Å². The molecule has 0 saturated heterocycles. The standard InChI is InChI=1S/C4F10.C2H7NO3S/c5-1(6,3(9,10)11)2(7,8)4(12,13)14;4-2-1-3-7(5)6/h;4,7H,1-2H2,(H,3,5,6). The quantitative estimate of drug-likeness (QED) is 0.524. The second-order valence-corrected chi connectivity index (χ2v) is 3.86. The molecule has 0 aromatic heterocycles. The largest absolute Gasteiger partial charge is 0.460 e. The van der Waals surface area contributed by atoms with E-state index < -0.39 is 35.1 Å². The molecule has 0 aromatic rings. The van der Waals surface area contributed by atoms with Crippen molar-refractivity contribution >= 4 is 10.9 Å². The maximum Gasteiger partial charge on any atom is 0.460 e. The Balaban J connectivity index is 0. The summed E-state index contributed by atoms with van der Waals surface area (Å²) in [5.41, 5.74) is 0. The van der Waals surface area contributed by atoms with Gasteiger partial charge >= 0.3 is 24.2 Å². The van der Waals surface area contributed by atoms with Crippen LogP contribution in [0.3, 0.4) is 0 Å². The molecule has 0 aliphatic heterocycles. The topological polar surface area (TPSA) is 66.4 Å². The molecular weight excluding hydrogens is 356 g/mol. The normalized spacial score (nSPS) is 13.9. The predicted octanol–water partition coefficient (Wildman–Crippen LogP) is 1.48.